The van der Waals surface area contributed by atoms with Crippen LogP contribution < -0.4 is 21.7 Å². The standard InChI is InChI=1S/C24H34N8O2/c1-24(2,3)16-5-7-17(8-6-16)31-23(33)27-12-4-11-26-13-18-9-10-19(34-18)32-15-30-20-21(25)28-14-29-22(20)32/h5-8,14-15,18-19,26H,4,9-13H2,1-3H3,(H2,25,28,29)(H2,27,31,33). The molecule has 0 aliphatic carbocycles. The van der Waals surface area contributed by atoms with Crippen molar-refractivity contribution in [1.82, 2.24) is 30.2 Å². The number of nitrogen functional groups attached to an aromatic ring is 1. The third-order valence-corrected chi connectivity index (χ3v) is 5.98. The number of aromatic nitrogens is 4. The Morgan fingerprint density at radius 3 is 2.71 bits per heavy atom. The molecule has 0 bridgehead atoms. The fourth-order valence-electron chi connectivity index (χ4n) is 4.03. The number of rotatable bonds is 8. The number of benzene rings is 1. The van der Waals surface area contributed by atoms with Crippen molar-refractivity contribution in [2.45, 2.75) is 57.8 Å². The number of urea groups is 1. The van der Waals surface area contributed by atoms with Crippen molar-refractivity contribution in [1.29, 1.82) is 0 Å². The number of hydrogen-bond acceptors (Lipinski definition) is 7. The van der Waals surface area contributed by atoms with Gasteiger partial charge in [0.15, 0.2) is 11.5 Å². The lowest BCUT2D eigenvalue weighted by Crippen LogP contribution is -2.33. The second-order valence-corrected chi connectivity index (χ2v) is 9.64. The molecule has 34 heavy (non-hydrogen) atoms. The average molecular weight is 467 g/mol. The lowest BCUT2D eigenvalue weighted by molar-refractivity contribution is 0.00501. The van der Waals surface area contributed by atoms with Crippen molar-refractivity contribution in [3.8, 4) is 0 Å². The van der Waals surface area contributed by atoms with Crippen molar-refractivity contribution in [3.05, 3.63) is 42.5 Å². The number of nitrogens with two attached hydrogens (primary N) is 1. The number of fused-ring (bicyclic) bond motifs is 1. The van der Waals surface area contributed by atoms with E-state index in [4.69, 9.17) is 10.5 Å². The Morgan fingerprint density at radius 2 is 1.94 bits per heavy atom. The normalized spacial score (nSPS) is 18.3. The number of ether oxygens (including phenoxy) is 1. The first kappa shape index (κ1) is 23.9. The van der Waals surface area contributed by atoms with Gasteiger partial charge in [-0.15, -0.1) is 0 Å². The molecule has 2 unspecified atom stereocenters. The summed E-state index contributed by atoms with van der Waals surface area (Å²) in [5.41, 5.74) is 9.28. The fraction of sp³-hybridized carbons (Fsp3) is 0.500. The average Bonchev–Trinajstić information content (AvgIpc) is 3.43. The van der Waals surface area contributed by atoms with Gasteiger partial charge in [0, 0.05) is 18.8 Å². The van der Waals surface area contributed by atoms with Gasteiger partial charge >= 0.3 is 6.03 Å². The van der Waals surface area contributed by atoms with Gasteiger partial charge in [0.2, 0.25) is 0 Å². The summed E-state index contributed by atoms with van der Waals surface area (Å²) in [7, 11) is 0. The summed E-state index contributed by atoms with van der Waals surface area (Å²) in [5.74, 6) is 0.376. The van der Waals surface area contributed by atoms with E-state index in [1.807, 2.05) is 28.8 Å². The van der Waals surface area contributed by atoms with E-state index < -0.39 is 0 Å². The SMILES string of the molecule is CC(C)(C)c1ccc(NC(=O)NCCCNCC2CCC(n3cnc4c(N)ncnc43)O2)cc1. The predicted molar refractivity (Wildman–Crippen MR) is 133 cm³/mol. The van der Waals surface area contributed by atoms with E-state index >= 15 is 0 Å². The van der Waals surface area contributed by atoms with Crippen LogP contribution in [0.5, 0.6) is 0 Å². The molecule has 1 fully saturated rings. The Labute approximate surface area is 199 Å². The lowest BCUT2D eigenvalue weighted by Gasteiger charge is -2.19. The molecule has 0 spiro atoms. The number of carbonyl (C=O) groups is 1. The minimum atomic E-state index is -0.192. The Hall–Kier alpha value is -3.24. The van der Waals surface area contributed by atoms with Crippen LogP contribution in [-0.2, 0) is 10.2 Å². The van der Waals surface area contributed by atoms with E-state index in [2.05, 4.69) is 51.7 Å². The first-order valence-electron chi connectivity index (χ1n) is 11.8. The van der Waals surface area contributed by atoms with Gasteiger partial charge in [0.1, 0.15) is 18.1 Å². The highest BCUT2D eigenvalue weighted by atomic mass is 16.5. The summed E-state index contributed by atoms with van der Waals surface area (Å²) in [6.07, 6.45) is 5.84. The third kappa shape index (κ3) is 5.81. The minimum Gasteiger partial charge on any atom is -0.382 e. The van der Waals surface area contributed by atoms with Gasteiger partial charge in [-0.05, 0) is 48.9 Å². The quantitative estimate of drug-likeness (QED) is 0.375. The molecule has 5 N–H and O–H groups in total. The van der Waals surface area contributed by atoms with Gasteiger partial charge in [-0.1, -0.05) is 32.9 Å². The molecule has 2 aromatic heterocycles. The molecule has 3 heterocycles. The zero-order chi connectivity index (χ0) is 24.1. The summed E-state index contributed by atoms with van der Waals surface area (Å²) >= 11 is 0. The van der Waals surface area contributed by atoms with Crippen LogP contribution in [0.25, 0.3) is 11.2 Å². The molecule has 0 radical (unpaired) electrons. The zero-order valence-corrected chi connectivity index (χ0v) is 20.0. The summed E-state index contributed by atoms with van der Waals surface area (Å²) in [6.45, 7) is 8.65. The minimum absolute atomic E-state index is 0.0928. The first-order chi connectivity index (χ1) is 16.3. The van der Waals surface area contributed by atoms with E-state index in [1.165, 1.54) is 11.9 Å². The summed E-state index contributed by atoms with van der Waals surface area (Å²) in [6, 6.07) is 7.78. The summed E-state index contributed by atoms with van der Waals surface area (Å²) in [5, 5.41) is 9.19. The molecule has 182 valence electrons. The van der Waals surface area contributed by atoms with Crippen molar-refractivity contribution < 1.29 is 9.53 Å². The smallest absolute Gasteiger partial charge is 0.319 e. The number of nitrogens with one attached hydrogen (secondary N) is 3. The van der Waals surface area contributed by atoms with Crippen molar-refractivity contribution >= 4 is 28.7 Å². The molecule has 1 aliphatic rings. The van der Waals surface area contributed by atoms with Crippen LogP contribution in [0.2, 0.25) is 0 Å². The largest absolute Gasteiger partial charge is 0.382 e. The maximum atomic E-state index is 12.1. The zero-order valence-electron chi connectivity index (χ0n) is 20.0. The monoisotopic (exact) mass is 466 g/mol. The highest BCUT2D eigenvalue weighted by molar-refractivity contribution is 5.89. The van der Waals surface area contributed by atoms with Crippen molar-refractivity contribution in [2.24, 2.45) is 0 Å². The topological polar surface area (TPSA) is 132 Å². The Morgan fingerprint density at radius 1 is 1.15 bits per heavy atom. The van der Waals surface area contributed by atoms with Crippen molar-refractivity contribution in [3.63, 3.8) is 0 Å². The molecule has 4 rings (SSSR count). The van der Waals surface area contributed by atoms with Gasteiger partial charge in [0.25, 0.3) is 0 Å². The Kier molecular flexibility index (Phi) is 7.28. The maximum Gasteiger partial charge on any atom is 0.319 e. The molecule has 10 nitrogen and oxygen atoms in total. The van der Waals surface area contributed by atoms with Crippen LogP contribution in [0.15, 0.2) is 36.9 Å². The molecule has 0 saturated carbocycles. The number of hydrogen-bond donors (Lipinski definition) is 4. The molecule has 3 aromatic rings. The highest BCUT2D eigenvalue weighted by Crippen LogP contribution is 2.30. The number of carbonyl (C=O) groups excluding carboxylic acids is 1. The van der Waals surface area contributed by atoms with Gasteiger partial charge in [-0.25, -0.2) is 19.7 Å². The summed E-state index contributed by atoms with van der Waals surface area (Å²) < 4.78 is 8.10. The lowest BCUT2D eigenvalue weighted by atomic mass is 9.87. The highest BCUT2D eigenvalue weighted by Gasteiger charge is 2.28. The number of nitrogens with zero attached hydrogens (tertiary/aromatic N) is 4. The maximum absolute atomic E-state index is 12.1. The Bertz CT molecular complexity index is 1110. The predicted octanol–water partition coefficient (Wildman–Crippen LogP) is 3.19. The molecular weight excluding hydrogens is 432 g/mol. The third-order valence-electron chi connectivity index (χ3n) is 5.98. The number of amides is 2. The van der Waals surface area contributed by atoms with Crippen LogP contribution in [0.3, 0.4) is 0 Å². The molecular formula is C24H34N8O2. The van der Waals surface area contributed by atoms with Gasteiger partial charge < -0.3 is 26.4 Å². The van der Waals surface area contributed by atoms with Crippen LogP contribution in [0.4, 0.5) is 16.3 Å². The summed E-state index contributed by atoms with van der Waals surface area (Å²) in [4.78, 5) is 24.7. The van der Waals surface area contributed by atoms with Gasteiger partial charge in [0.05, 0.1) is 12.4 Å². The first-order valence-corrected chi connectivity index (χ1v) is 11.8. The second kappa shape index (κ2) is 10.4. The van der Waals surface area contributed by atoms with Crippen LogP contribution in [-0.4, -0.2) is 51.3 Å². The molecule has 10 heteroatoms. The van der Waals surface area contributed by atoms with E-state index in [1.54, 1.807) is 6.33 Å². The van der Waals surface area contributed by atoms with E-state index in [0.717, 1.165) is 38.0 Å². The van der Waals surface area contributed by atoms with E-state index in [0.29, 0.717) is 23.5 Å². The van der Waals surface area contributed by atoms with Crippen molar-refractivity contribution in [2.75, 3.05) is 30.7 Å². The fourth-order valence-corrected chi connectivity index (χ4v) is 4.03. The van der Waals surface area contributed by atoms with Crippen LogP contribution in [0.1, 0.15) is 51.8 Å². The van der Waals surface area contributed by atoms with Crippen LogP contribution >= 0.6 is 0 Å². The molecule has 1 aliphatic heterocycles. The van der Waals surface area contributed by atoms with E-state index in [9.17, 15) is 4.79 Å². The van der Waals surface area contributed by atoms with Crippen LogP contribution in [0, 0.1) is 0 Å². The van der Waals surface area contributed by atoms with E-state index in [-0.39, 0.29) is 23.8 Å². The Balaban J connectivity index is 1.11. The molecule has 2 amide bonds. The molecule has 1 saturated heterocycles. The number of imidazole rings is 1. The van der Waals surface area contributed by atoms with Gasteiger partial charge in [-0.2, -0.15) is 0 Å². The van der Waals surface area contributed by atoms with Gasteiger partial charge in [-0.3, -0.25) is 4.57 Å². The molecule has 1 aromatic carbocycles. The second-order valence-electron chi connectivity index (χ2n) is 9.64. The number of anilines is 2. The molecule has 2 atom stereocenters.